The second-order valence-electron chi connectivity index (χ2n) is 5.90. The van der Waals surface area contributed by atoms with Crippen molar-refractivity contribution in [3.8, 4) is 0 Å². The SMILES string of the molecule is COC(C)CC1(CNCC(C)C)CCOC1C. The van der Waals surface area contributed by atoms with Crippen LogP contribution in [0.3, 0.4) is 0 Å². The zero-order chi connectivity index (χ0) is 12.9. The highest BCUT2D eigenvalue weighted by molar-refractivity contribution is 4.92. The summed E-state index contributed by atoms with van der Waals surface area (Å²) in [6, 6.07) is 0. The molecule has 0 bridgehead atoms. The molecule has 3 heteroatoms. The molecule has 1 N–H and O–H groups in total. The molecule has 1 rings (SSSR count). The second kappa shape index (κ2) is 6.72. The highest BCUT2D eigenvalue weighted by Crippen LogP contribution is 2.39. The van der Waals surface area contributed by atoms with Gasteiger partial charge in [0.15, 0.2) is 0 Å². The topological polar surface area (TPSA) is 30.5 Å². The summed E-state index contributed by atoms with van der Waals surface area (Å²) in [4.78, 5) is 0. The Hall–Kier alpha value is -0.120. The predicted molar refractivity (Wildman–Crippen MR) is 71.3 cm³/mol. The fourth-order valence-corrected chi connectivity index (χ4v) is 2.66. The Kier molecular flexibility index (Phi) is 5.90. The molecule has 0 radical (unpaired) electrons. The van der Waals surface area contributed by atoms with Crippen LogP contribution in [0.25, 0.3) is 0 Å². The molecule has 0 aliphatic carbocycles. The van der Waals surface area contributed by atoms with Crippen molar-refractivity contribution in [2.75, 3.05) is 26.8 Å². The lowest BCUT2D eigenvalue weighted by molar-refractivity contribution is 0.0155. The lowest BCUT2D eigenvalue weighted by Gasteiger charge is -2.35. The number of rotatable bonds is 7. The highest BCUT2D eigenvalue weighted by Gasteiger charge is 2.42. The minimum atomic E-state index is 0.254. The Morgan fingerprint density at radius 1 is 1.41 bits per heavy atom. The number of nitrogens with one attached hydrogen (secondary N) is 1. The van der Waals surface area contributed by atoms with E-state index in [1.54, 1.807) is 7.11 Å². The Balaban J connectivity index is 2.53. The largest absolute Gasteiger partial charge is 0.382 e. The summed E-state index contributed by atoms with van der Waals surface area (Å²) < 4.78 is 11.2. The van der Waals surface area contributed by atoms with Crippen LogP contribution >= 0.6 is 0 Å². The standard InChI is InChI=1S/C14H29NO2/c1-11(2)9-15-10-14(8-12(3)16-5)6-7-17-13(14)4/h11-13,15H,6-10H2,1-5H3. The van der Waals surface area contributed by atoms with Crippen LogP contribution in [0.4, 0.5) is 0 Å². The van der Waals surface area contributed by atoms with E-state index in [-0.39, 0.29) is 5.41 Å². The van der Waals surface area contributed by atoms with E-state index in [0.29, 0.717) is 18.1 Å². The Morgan fingerprint density at radius 2 is 2.12 bits per heavy atom. The van der Waals surface area contributed by atoms with Crippen LogP contribution in [0, 0.1) is 11.3 Å². The van der Waals surface area contributed by atoms with E-state index in [9.17, 15) is 0 Å². The van der Waals surface area contributed by atoms with Crippen molar-refractivity contribution in [2.45, 2.75) is 52.7 Å². The maximum Gasteiger partial charge on any atom is 0.0617 e. The molecule has 3 unspecified atom stereocenters. The molecule has 1 aliphatic rings. The van der Waals surface area contributed by atoms with Crippen molar-refractivity contribution in [2.24, 2.45) is 11.3 Å². The van der Waals surface area contributed by atoms with Gasteiger partial charge >= 0.3 is 0 Å². The van der Waals surface area contributed by atoms with Gasteiger partial charge in [0, 0.05) is 25.7 Å². The van der Waals surface area contributed by atoms with Crippen LogP contribution in [0.2, 0.25) is 0 Å². The third kappa shape index (κ3) is 4.23. The van der Waals surface area contributed by atoms with Crippen LogP contribution in [-0.2, 0) is 9.47 Å². The zero-order valence-electron chi connectivity index (χ0n) is 12.1. The van der Waals surface area contributed by atoms with Crippen molar-refractivity contribution >= 4 is 0 Å². The summed E-state index contributed by atoms with van der Waals surface area (Å²) in [5.41, 5.74) is 0.254. The quantitative estimate of drug-likeness (QED) is 0.745. The van der Waals surface area contributed by atoms with Crippen molar-refractivity contribution in [1.29, 1.82) is 0 Å². The second-order valence-corrected chi connectivity index (χ2v) is 5.90. The van der Waals surface area contributed by atoms with Crippen molar-refractivity contribution in [1.82, 2.24) is 5.32 Å². The fourth-order valence-electron chi connectivity index (χ4n) is 2.66. The minimum Gasteiger partial charge on any atom is -0.382 e. The van der Waals surface area contributed by atoms with Gasteiger partial charge in [-0.1, -0.05) is 13.8 Å². The molecule has 1 saturated heterocycles. The summed E-state index contributed by atoms with van der Waals surface area (Å²) in [6.07, 6.45) is 2.86. The van der Waals surface area contributed by atoms with Gasteiger partial charge in [-0.2, -0.15) is 0 Å². The van der Waals surface area contributed by atoms with Gasteiger partial charge in [0.1, 0.15) is 0 Å². The number of hydrogen-bond acceptors (Lipinski definition) is 3. The molecule has 0 aromatic rings. The Labute approximate surface area is 106 Å². The fraction of sp³-hybridized carbons (Fsp3) is 1.00. The maximum absolute atomic E-state index is 5.78. The first-order valence-corrected chi connectivity index (χ1v) is 6.85. The summed E-state index contributed by atoms with van der Waals surface area (Å²) >= 11 is 0. The van der Waals surface area contributed by atoms with Gasteiger partial charge < -0.3 is 14.8 Å². The van der Waals surface area contributed by atoms with Gasteiger partial charge in [0.25, 0.3) is 0 Å². The van der Waals surface area contributed by atoms with E-state index in [1.807, 2.05) is 0 Å². The van der Waals surface area contributed by atoms with Crippen molar-refractivity contribution in [3.05, 3.63) is 0 Å². The molecule has 0 aromatic heterocycles. The van der Waals surface area contributed by atoms with Crippen LogP contribution in [-0.4, -0.2) is 39.0 Å². The molecular formula is C14H29NO2. The van der Waals surface area contributed by atoms with E-state index in [2.05, 4.69) is 33.0 Å². The molecule has 1 heterocycles. The average molecular weight is 243 g/mol. The van der Waals surface area contributed by atoms with E-state index in [0.717, 1.165) is 32.5 Å². The lowest BCUT2D eigenvalue weighted by Crippen LogP contribution is -2.42. The minimum absolute atomic E-state index is 0.254. The zero-order valence-corrected chi connectivity index (χ0v) is 12.1. The van der Waals surface area contributed by atoms with Gasteiger partial charge in [0.2, 0.25) is 0 Å². The Bertz CT molecular complexity index is 220. The molecular weight excluding hydrogens is 214 g/mol. The first kappa shape index (κ1) is 14.9. The highest BCUT2D eigenvalue weighted by atomic mass is 16.5. The normalized spacial score (nSPS) is 31.1. The van der Waals surface area contributed by atoms with E-state index >= 15 is 0 Å². The molecule has 3 atom stereocenters. The van der Waals surface area contributed by atoms with Gasteiger partial charge in [-0.05, 0) is 39.2 Å². The summed E-state index contributed by atoms with van der Waals surface area (Å²) in [7, 11) is 1.79. The van der Waals surface area contributed by atoms with Gasteiger partial charge in [-0.25, -0.2) is 0 Å². The first-order valence-electron chi connectivity index (χ1n) is 6.85. The molecule has 1 aliphatic heterocycles. The van der Waals surface area contributed by atoms with Crippen molar-refractivity contribution < 1.29 is 9.47 Å². The van der Waals surface area contributed by atoms with E-state index < -0.39 is 0 Å². The van der Waals surface area contributed by atoms with Gasteiger partial charge in [-0.3, -0.25) is 0 Å². The number of methoxy groups -OCH3 is 1. The first-order chi connectivity index (χ1) is 8.00. The average Bonchev–Trinajstić information content (AvgIpc) is 2.60. The molecule has 0 aromatic carbocycles. The van der Waals surface area contributed by atoms with Gasteiger partial charge in [-0.15, -0.1) is 0 Å². The van der Waals surface area contributed by atoms with E-state index in [4.69, 9.17) is 9.47 Å². The molecule has 0 amide bonds. The molecule has 0 saturated carbocycles. The smallest absolute Gasteiger partial charge is 0.0617 e. The van der Waals surface area contributed by atoms with Crippen LogP contribution in [0.5, 0.6) is 0 Å². The molecule has 102 valence electrons. The van der Waals surface area contributed by atoms with Crippen LogP contribution < -0.4 is 5.32 Å². The van der Waals surface area contributed by atoms with Gasteiger partial charge in [0.05, 0.1) is 12.2 Å². The summed E-state index contributed by atoms with van der Waals surface area (Å²) in [6.45, 7) is 11.8. The van der Waals surface area contributed by atoms with E-state index in [1.165, 1.54) is 0 Å². The number of hydrogen-bond donors (Lipinski definition) is 1. The van der Waals surface area contributed by atoms with Crippen LogP contribution in [0.15, 0.2) is 0 Å². The number of ether oxygens (including phenoxy) is 2. The lowest BCUT2D eigenvalue weighted by atomic mass is 9.76. The van der Waals surface area contributed by atoms with Crippen molar-refractivity contribution in [3.63, 3.8) is 0 Å². The van der Waals surface area contributed by atoms with Crippen LogP contribution in [0.1, 0.15) is 40.5 Å². The molecule has 3 nitrogen and oxygen atoms in total. The Morgan fingerprint density at radius 3 is 2.59 bits per heavy atom. The maximum atomic E-state index is 5.78. The molecule has 17 heavy (non-hydrogen) atoms. The molecule has 1 fully saturated rings. The third-order valence-electron chi connectivity index (χ3n) is 3.96. The summed E-state index contributed by atoms with van der Waals surface area (Å²) in [5, 5.41) is 3.59. The summed E-state index contributed by atoms with van der Waals surface area (Å²) in [5.74, 6) is 0.699. The molecule has 0 spiro atoms. The predicted octanol–water partition coefficient (Wildman–Crippen LogP) is 2.45. The monoisotopic (exact) mass is 243 g/mol. The third-order valence-corrected chi connectivity index (χ3v) is 3.96.